The van der Waals surface area contributed by atoms with Gasteiger partial charge >= 0.3 is 0 Å². The Labute approximate surface area is 276 Å². The van der Waals surface area contributed by atoms with E-state index in [-0.39, 0.29) is 0 Å². The van der Waals surface area contributed by atoms with Crippen molar-refractivity contribution in [2.75, 3.05) is 10.2 Å². The molecule has 0 bridgehead atoms. The van der Waals surface area contributed by atoms with E-state index in [9.17, 15) is 0 Å². The maximum absolute atomic E-state index is 5.25. The zero-order valence-electron chi connectivity index (χ0n) is 26.9. The second-order valence-corrected chi connectivity index (χ2v) is 11.7. The highest BCUT2D eigenvalue weighted by Crippen LogP contribution is 2.38. The first-order valence-electron chi connectivity index (χ1n) is 16.0. The SMILES string of the molecule is C/C=C/c1ccccc1Nc1ccc(N(c2ccccc2)c2ccc(-c3nc4c(C)ccc(C)c4nc3-c3ccccc3)cc2)cc1. The van der Waals surface area contributed by atoms with Crippen LogP contribution in [0, 0.1) is 13.8 Å². The molecule has 6 aromatic carbocycles. The molecule has 0 atom stereocenters. The van der Waals surface area contributed by atoms with Crippen LogP contribution in [0.15, 0.2) is 152 Å². The zero-order valence-corrected chi connectivity index (χ0v) is 26.9. The van der Waals surface area contributed by atoms with Crippen molar-refractivity contribution in [2.45, 2.75) is 20.8 Å². The van der Waals surface area contributed by atoms with Gasteiger partial charge in [0.25, 0.3) is 0 Å². The number of hydrogen-bond acceptors (Lipinski definition) is 4. The average molecular weight is 609 g/mol. The highest BCUT2D eigenvalue weighted by atomic mass is 15.1. The van der Waals surface area contributed by atoms with Crippen molar-refractivity contribution >= 4 is 45.5 Å². The summed E-state index contributed by atoms with van der Waals surface area (Å²) in [7, 11) is 0. The molecule has 0 aliphatic carbocycles. The topological polar surface area (TPSA) is 41.0 Å². The fourth-order valence-corrected chi connectivity index (χ4v) is 5.97. The van der Waals surface area contributed by atoms with Crippen LogP contribution in [0.1, 0.15) is 23.6 Å². The Balaban J connectivity index is 1.27. The van der Waals surface area contributed by atoms with Crippen LogP contribution in [0.3, 0.4) is 0 Å². The van der Waals surface area contributed by atoms with E-state index in [1.165, 1.54) is 0 Å². The Bertz CT molecular complexity index is 2170. The number of allylic oxidation sites excluding steroid dienone is 1. The van der Waals surface area contributed by atoms with Gasteiger partial charge in [0, 0.05) is 39.6 Å². The van der Waals surface area contributed by atoms with Gasteiger partial charge in [0.2, 0.25) is 0 Å². The third-order valence-electron chi connectivity index (χ3n) is 8.40. The molecule has 1 aromatic heterocycles. The Morgan fingerprint density at radius 2 is 1.00 bits per heavy atom. The first-order chi connectivity index (χ1) is 23.1. The second kappa shape index (κ2) is 13.2. The molecule has 7 aromatic rings. The minimum Gasteiger partial charge on any atom is -0.355 e. The number of para-hydroxylation sites is 2. The number of nitrogens with one attached hydrogen (secondary N) is 1. The summed E-state index contributed by atoms with van der Waals surface area (Å²) in [6, 6.07) is 50.7. The average Bonchev–Trinajstić information content (AvgIpc) is 3.12. The lowest BCUT2D eigenvalue weighted by atomic mass is 10.0. The highest BCUT2D eigenvalue weighted by Gasteiger charge is 2.17. The van der Waals surface area contributed by atoms with Gasteiger partial charge in [0.05, 0.1) is 22.4 Å². The summed E-state index contributed by atoms with van der Waals surface area (Å²) in [6.07, 6.45) is 4.18. The Hall–Kier alpha value is -6.00. The smallest absolute Gasteiger partial charge is 0.0973 e. The van der Waals surface area contributed by atoms with E-state index in [2.05, 4.69) is 170 Å². The van der Waals surface area contributed by atoms with Crippen LogP contribution < -0.4 is 10.2 Å². The third kappa shape index (κ3) is 6.14. The first kappa shape index (κ1) is 29.7. The van der Waals surface area contributed by atoms with Crippen molar-refractivity contribution in [1.29, 1.82) is 0 Å². The molecule has 47 heavy (non-hydrogen) atoms. The standard InChI is InChI=1S/C43H36N4/c1-4-13-32-14-11-12-19-39(32)44-35-24-28-38(29-25-35)47(36-17-9-6-10-18-36)37-26-22-34(23-27-37)43-42(33-15-7-5-8-16-33)45-40-30(2)20-21-31(3)41(40)46-43/h4-29,44H,1-3H3/b13-4+. The van der Waals surface area contributed by atoms with E-state index in [4.69, 9.17) is 9.97 Å². The van der Waals surface area contributed by atoms with Crippen LogP contribution in [0.25, 0.3) is 39.6 Å². The van der Waals surface area contributed by atoms with Gasteiger partial charge in [-0.1, -0.05) is 103 Å². The molecule has 228 valence electrons. The molecule has 0 aliphatic heterocycles. The van der Waals surface area contributed by atoms with Crippen molar-refractivity contribution in [3.8, 4) is 22.5 Å². The Morgan fingerprint density at radius 3 is 1.60 bits per heavy atom. The van der Waals surface area contributed by atoms with Crippen LogP contribution in [0.4, 0.5) is 28.4 Å². The molecule has 0 radical (unpaired) electrons. The van der Waals surface area contributed by atoms with Crippen molar-refractivity contribution in [3.63, 3.8) is 0 Å². The summed E-state index contributed by atoms with van der Waals surface area (Å²) in [5.74, 6) is 0. The lowest BCUT2D eigenvalue weighted by Gasteiger charge is -2.26. The van der Waals surface area contributed by atoms with E-state index < -0.39 is 0 Å². The largest absolute Gasteiger partial charge is 0.355 e. The molecule has 0 spiro atoms. The normalized spacial score (nSPS) is 11.2. The molecule has 0 amide bonds. The number of hydrogen-bond donors (Lipinski definition) is 1. The number of anilines is 5. The number of nitrogens with zero attached hydrogens (tertiary/aromatic N) is 3. The number of fused-ring (bicyclic) bond motifs is 1. The van der Waals surface area contributed by atoms with Crippen molar-refractivity contribution in [1.82, 2.24) is 9.97 Å². The van der Waals surface area contributed by atoms with Gasteiger partial charge in [-0.05, 0) is 92.1 Å². The molecule has 0 saturated heterocycles. The van der Waals surface area contributed by atoms with Gasteiger partial charge in [0.1, 0.15) is 0 Å². The number of aromatic nitrogens is 2. The lowest BCUT2D eigenvalue weighted by Crippen LogP contribution is -2.09. The molecule has 4 nitrogen and oxygen atoms in total. The molecular formula is C43H36N4. The third-order valence-corrected chi connectivity index (χ3v) is 8.40. The molecule has 0 saturated carbocycles. The zero-order chi connectivity index (χ0) is 32.2. The quantitative estimate of drug-likeness (QED) is 0.186. The van der Waals surface area contributed by atoms with Gasteiger partial charge in [-0.15, -0.1) is 0 Å². The van der Waals surface area contributed by atoms with Gasteiger partial charge in [-0.3, -0.25) is 0 Å². The van der Waals surface area contributed by atoms with Crippen LogP contribution >= 0.6 is 0 Å². The van der Waals surface area contributed by atoms with Gasteiger partial charge in [-0.25, -0.2) is 9.97 Å². The molecular weight excluding hydrogens is 573 g/mol. The van der Waals surface area contributed by atoms with E-state index in [0.717, 1.165) is 78.7 Å². The summed E-state index contributed by atoms with van der Waals surface area (Å²) in [5, 5.41) is 3.58. The molecule has 7 rings (SSSR count). The maximum atomic E-state index is 5.25. The molecule has 0 fully saturated rings. The van der Waals surface area contributed by atoms with Gasteiger partial charge in [-0.2, -0.15) is 0 Å². The predicted molar refractivity (Wildman–Crippen MR) is 199 cm³/mol. The Morgan fingerprint density at radius 1 is 0.511 bits per heavy atom. The number of aryl methyl sites for hydroxylation is 2. The summed E-state index contributed by atoms with van der Waals surface area (Å²) in [5.41, 5.74) is 14.4. The lowest BCUT2D eigenvalue weighted by molar-refractivity contribution is 1.25. The first-order valence-corrected chi connectivity index (χ1v) is 16.0. The summed E-state index contributed by atoms with van der Waals surface area (Å²) in [4.78, 5) is 12.7. The molecule has 1 heterocycles. The minimum absolute atomic E-state index is 0.879. The predicted octanol–water partition coefficient (Wildman–Crippen LogP) is 11.8. The van der Waals surface area contributed by atoms with E-state index in [1.807, 2.05) is 19.1 Å². The molecule has 0 aliphatic rings. The summed E-state index contributed by atoms with van der Waals surface area (Å²) >= 11 is 0. The number of rotatable bonds is 8. The summed E-state index contributed by atoms with van der Waals surface area (Å²) < 4.78 is 0. The van der Waals surface area contributed by atoms with Crippen LogP contribution in [0.2, 0.25) is 0 Å². The van der Waals surface area contributed by atoms with E-state index in [0.29, 0.717) is 0 Å². The molecule has 0 unspecified atom stereocenters. The second-order valence-electron chi connectivity index (χ2n) is 11.7. The minimum atomic E-state index is 0.879. The fraction of sp³-hybridized carbons (Fsp3) is 0.0698. The fourth-order valence-electron chi connectivity index (χ4n) is 5.97. The van der Waals surface area contributed by atoms with Crippen molar-refractivity contribution < 1.29 is 0 Å². The van der Waals surface area contributed by atoms with Crippen LogP contribution in [-0.4, -0.2) is 9.97 Å². The van der Waals surface area contributed by atoms with Crippen molar-refractivity contribution in [3.05, 3.63) is 168 Å². The maximum Gasteiger partial charge on any atom is 0.0973 e. The van der Waals surface area contributed by atoms with Gasteiger partial charge in [0.15, 0.2) is 0 Å². The molecule has 1 N–H and O–H groups in total. The van der Waals surface area contributed by atoms with Crippen LogP contribution in [-0.2, 0) is 0 Å². The van der Waals surface area contributed by atoms with E-state index >= 15 is 0 Å². The monoisotopic (exact) mass is 608 g/mol. The number of benzene rings is 6. The summed E-state index contributed by atoms with van der Waals surface area (Å²) in [6.45, 7) is 6.24. The Kier molecular flexibility index (Phi) is 8.31. The highest BCUT2D eigenvalue weighted by molar-refractivity contribution is 5.90. The van der Waals surface area contributed by atoms with E-state index in [1.54, 1.807) is 0 Å². The van der Waals surface area contributed by atoms with Gasteiger partial charge < -0.3 is 10.2 Å². The molecule has 4 heteroatoms. The van der Waals surface area contributed by atoms with Crippen molar-refractivity contribution in [2.24, 2.45) is 0 Å². The van der Waals surface area contributed by atoms with Crippen LogP contribution in [0.5, 0.6) is 0 Å².